The van der Waals surface area contributed by atoms with E-state index >= 15 is 0 Å². The fourth-order valence-electron chi connectivity index (χ4n) is 3.09. The van der Waals surface area contributed by atoms with Crippen LogP contribution in [-0.4, -0.2) is 21.6 Å². The number of nitrogens with one attached hydrogen (secondary N) is 2. The quantitative estimate of drug-likeness (QED) is 0.878. The first-order chi connectivity index (χ1) is 12.0. The Morgan fingerprint density at radius 2 is 2.24 bits per heavy atom. The number of carbonyl (C=O) groups is 1. The number of amides is 1. The van der Waals surface area contributed by atoms with Crippen molar-refractivity contribution in [2.75, 3.05) is 5.75 Å². The first-order valence-electron chi connectivity index (χ1n) is 8.22. The van der Waals surface area contributed by atoms with Gasteiger partial charge in [-0.1, -0.05) is 12.1 Å². The lowest BCUT2D eigenvalue weighted by molar-refractivity contribution is -0.121. The molecule has 3 rings (SSSR count). The normalized spacial score (nSPS) is 16.4. The number of rotatable bonds is 4. The number of aryl methyl sites for hydroxylation is 2. The Balaban J connectivity index is 1.67. The first kappa shape index (κ1) is 17.7. The summed E-state index contributed by atoms with van der Waals surface area (Å²) in [7, 11) is 0. The van der Waals surface area contributed by atoms with E-state index in [1.807, 2.05) is 6.07 Å². The fourth-order valence-corrected chi connectivity index (χ4v) is 4.23. The van der Waals surface area contributed by atoms with E-state index in [2.05, 4.69) is 15.3 Å². The zero-order valence-corrected chi connectivity index (χ0v) is 15.0. The Hall–Kier alpha value is -2.15. The lowest BCUT2D eigenvalue weighted by Gasteiger charge is -2.26. The Labute approximate surface area is 149 Å². The summed E-state index contributed by atoms with van der Waals surface area (Å²) in [5.74, 6) is 0.939. The van der Waals surface area contributed by atoms with Crippen LogP contribution >= 0.6 is 11.8 Å². The minimum absolute atomic E-state index is 0.147. The maximum atomic E-state index is 13.9. The summed E-state index contributed by atoms with van der Waals surface area (Å²) in [6.45, 7) is 3.50. The van der Waals surface area contributed by atoms with Gasteiger partial charge in [-0.3, -0.25) is 9.59 Å². The zero-order valence-electron chi connectivity index (χ0n) is 14.2. The van der Waals surface area contributed by atoms with Crippen LogP contribution in [0.5, 0.6) is 0 Å². The Morgan fingerprint density at radius 1 is 1.44 bits per heavy atom. The third-order valence-electron chi connectivity index (χ3n) is 4.30. The molecular formula is C18H20FN3O2S. The van der Waals surface area contributed by atoms with Gasteiger partial charge in [-0.15, -0.1) is 11.8 Å². The molecule has 25 heavy (non-hydrogen) atoms. The minimum Gasteiger partial charge on any atom is -0.349 e. The number of benzene rings is 1. The predicted octanol–water partition coefficient (Wildman–Crippen LogP) is 2.81. The molecule has 1 aromatic heterocycles. The highest BCUT2D eigenvalue weighted by atomic mass is 32.2. The van der Waals surface area contributed by atoms with Crippen LogP contribution in [0, 0.1) is 19.7 Å². The third-order valence-corrected chi connectivity index (χ3v) is 5.46. The van der Waals surface area contributed by atoms with Gasteiger partial charge in [0.2, 0.25) is 5.91 Å². The summed E-state index contributed by atoms with van der Waals surface area (Å²) >= 11 is 1.48. The molecule has 1 aromatic carbocycles. The molecule has 1 aliphatic rings. The van der Waals surface area contributed by atoms with E-state index in [-0.39, 0.29) is 29.7 Å². The molecule has 0 bridgehead atoms. The van der Waals surface area contributed by atoms with Crippen molar-refractivity contribution in [1.29, 1.82) is 0 Å². The average molecular weight is 361 g/mol. The molecule has 1 atom stereocenters. The molecule has 1 unspecified atom stereocenters. The number of halogens is 1. The minimum atomic E-state index is -0.241. The van der Waals surface area contributed by atoms with Crippen molar-refractivity contribution in [3.63, 3.8) is 0 Å². The van der Waals surface area contributed by atoms with Crippen molar-refractivity contribution in [3.05, 3.63) is 57.0 Å². The molecule has 0 spiro atoms. The maximum absolute atomic E-state index is 13.9. The SMILES string of the molecule is Cc1nc(C)c(CCC(=O)NC2CCSc3c(F)cccc32)c(=O)[nH]1. The lowest BCUT2D eigenvalue weighted by atomic mass is 10.0. The van der Waals surface area contributed by atoms with Crippen LogP contribution in [0.25, 0.3) is 0 Å². The van der Waals surface area contributed by atoms with Gasteiger partial charge >= 0.3 is 0 Å². The largest absolute Gasteiger partial charge is 0.349 e. The topological polar surface area (TPSA) is 74.8 Å². The second-order valence-electron chi connectivity index (χ2n) is 6.13. The number of fused-ring (bicyclic) bond motifs is 1. The predicted molar refractivity (Wildman–Crippen MR) is 95.3 cm³/mol. The summed E-state index contributed by atoms with van der Waals surface area (Å²) in [6.07, 6.45) is 1.29. The number of H-pyrrole nitrogens is 1. The number of hydrogen-bond acceptors (Lipinski definition) is 4. The van der Waals surface area contributed by atoms with E-state index in [0.717, 1.165) is 17.7 Å². The van der Waals surface area contributed by atoms with Gasteiger partial charge in [0.1, 0.15) is 11.6 Å². The Kier molecular flexibility index (Phi) is 5.22. The molecular weight excluding hydrogens is 341 g/mol. The number of thioether (sulfide) groups is 1. The smallest absolute Gasteiger partial charge is 0.254 e. The van der Waals surface area contributed by atoms with Gasteiger partial charge < -0.3 is 10.3 Å². The molecule has 132 valence electrons. The second-order valence-corrected chi connectivity index (χ2v) is 7.24. The number of aromatic amines is 1. The van der Waals surface area contributed by atoms with Gasteiger partial charge in [0.05, 0.1) is 6.04 Å². The fraction of sp³-hybridized carbons (Fsp3) is 0.389. The van der Waals surface area contributed by atoms with Gasteiger partial charge in [-0.2, -0.15) is 0 Å². The zero-order chi connectivity index (χ0) is 18.0. The lowest BCUT2D eigenvalue weighted by Crippen LogP contribution is -2.31. The van der Waals surface area contributed by atoms with Crippen LogP contribution in [0.2, 0.25) is 0 Å². The van der Waals surface area contributed by atoms with Crippen LogP contribution in [0.1, 0.15) is 41.5 Å². The van der Waals surface area contributed by atoms with Gasteiger partial charge in [0.15, 0.2) is 0 Å². The van der Waals surface area contributed by atoms with E-state index < -0.39 is 0 Å². The molecule has 2 heterocycles. The van der Waals surface area contributed by atoms with Gasteiger partial charge in [-0.05, 0) is 38.3 Å². The van der Waals surface area contributed by atoms with Crippen molar-refractivity contribution in [2.45, 2.75) is 44.0 Å². The number of nitrogens with zero attached hydrogens (tertiary/aromatic N) is 1. The standard InChI is InChI=1S/C18H20FN3O2S/c1-10-12(18(24)21-11(2)20-10)6-7-16(23)22-15-8-9-25-17-13(15)4-3-5-14(17)19/h3-5,15H,6-9H2,1-2H3,(H,22,23)(H,20,21,24). The Bertz CT molecular complexity index is 866. The van der Waals surface area contributed by atoms with Gasteiger partial charge in [-0.25, -0.2) is 9.37 Å². The maximum Gasteiger partial charge on any atom is 0.254 e. The average Bonchev–Trinajstić information content (AvgIpc) is 2.55. The molecule has 0 saturated carbocycles. The first-order valence-corrected chi connectivity index (χ1v) is 9.21. The molecule has 1 aliphatic heterocycles. The number of carbonyl (C=O) groups excluding carboxylic acids is 1. The van der Waals surface area contributed by atoms with Crippen molar-refractivity contribution >= 4 is 17.7 Å². The van der Waals surface area contributed by atoms with E-state index in [9.17, 15) is 14.0 Å². The van der Waals surface area contributed by atoms with Crippen molar-refractivity contribution in [3.8, 4) is 0 Å². The van der Waals surface area contributed by atoms with Crippen molar-refractivity contribution in [1.82, 2.24) is 15.3 Å². The molecule has 0 radical (unpaired) electrons. The van der Waals surface area contributed by atoms with E-state index in [1.54, 1.807) is 19.9 Å². The molecule has 7 heteroatoms. The van der Waals surface area contributed by atoms with Crippen LogP contribution in [0.3, 0.4) is 0 Å². The number of hydrogen-bond donors (Lipinski definition) is 2. The van der Waals surface area contributed by atoms with Crippen molar-refractivity contribution in [2.24, 2.45) is 0 Å². The summed E-state index contributed by atoms with van der Waals surface area (Å²) in [5.41, 5.74) is 1.82. The third kappa shape index (κ3) is 3.92. The summed E-state index contributed by atoms with van der Waals surface area (Å²) in [5, 5.41) is 2.97. The van der Waals surface area contributed by atoms with Crippen LogP contribution < -0.4 is 10.9 Å². The van der Waals surface area contributed by atoms with E-state index in [0.29, 0.717) is 28.4 Å². The molecule has 0 fully saturated rings. The number of aromatic nitrogens is 2. The van der Waals surface area contributed by atoms with Gasteiger partial charge in [0, 0.05) is 28.3 Å². The van der Waals surface area contributed by atoms with Crippen LogP contribution in [-0.2, 0) is 11.2 Å². The van der Waals surface area contributed by atoms with Crippen molar-refractivity contribution < 1.29 is 9.18 Å². The van der Waals surface area contributed by atoms with Gasteiger partial charge in [0.25, 0.3) is 5.56 Å². The molecule has 1 amide bonds. The molecule has 0 saturated heterocycles. The highest BCUT2D eigenvalue weighted by Crippen LogP contribution is 2.37. The van der Waals surface area contributed by atoms with Crippen LogP contribution in [0.15, 0.2) is 27.9 Å². The van der Waals surface area contributed by atoms with Crippen LogP contribution in [0.4, 0.5) is 4.39 Å². The summed E-state index contributed by atoms with van der Waals surface area (Å²) in [6, 6.07) is 4.78. The molecule has 5 nitrogen and oxygen atoms in total. The summed E-state index contributed by atoms with van der Waals surface area (Å²) in [4.78, 5) is 31.8. The monoisotopic (exact) mass is 361 g/mol. The molecule has 2 N–H and O–H groups in total. The van der Waals surface area contributed by atoms with E-state index in [4.69, 9.17) is 0 Å². The Morgan fingerprint density at radius 3 is 3.00 bits per heavy atom. The highest BCUT2D eigenvalue weighted by Gasteiger charge is 2.24. The summed E-state index contributed by atoms with van der Waals surface area (Å²) < 4.78 is 13.9. The molecule has 2 aromatic rings. The highest BCUT2D eigenvalue weighted by molar-refractivity contribution is 7.99. The second kappa shape index (κ2) is 7.39. The molecule has 0 aliphatic carbocycles. The van der Waals surface area contributed by atoms with E-state index in [1.165, 1.54) is 17.8 Å².